The molecule has 0 saturated carbocycles. The lowest BCUT2D eigenvalue weighted by molar-refractivity contribution is 0.0332. The maximum Gasteiger partial charge on any atom is 0.507 e. The molecule has 0 saturated heterocycles. The van der Waals surface area contributed by atoms with E-state index in [1.807, 2.05) is 24.3 Å². The number of rotatable bonds is 1. The van der Waals surface area contributed by atoms with Crippen LogP contribution in [0, 0.1) is 0 Å². The Hall–Kier alpha value is -1.55. The van der Waals surface area contributed by atoms with Crippen molar-refractivity contribution < 1.29 is 14.6 Å². The smallest absolute Gasteiger partial charge is 0.450 e. The van der Waals surface area contributed by atoms with Gasteiger partial charge < -0.3 is 9.84 Å². The Bertz CT molecular complexity index is 351. The van der Waals surface area contributed by atoms with Crippen LogP contribution in [0.3, 0.4) is 0 Å². The first kappa shape index (κ1) is 9.02. The minimum Gasteiger partial charge on any atom is -0.450 e. The predicted octanol–water partition coefficient (Wildman–Crippen LogP) is 1.53. The molecule has 0 amide bonds. The van der Waals surface area contributed by atoms with Gasteiger partial charge in [-0.15, -0.1) is 0 Å². The SMILES string of the molecule is O=C(O)OC1NCCc2ccccc21. The second kappa shape index (κ2) is 3.67. The summed E-state index contributed by atoms with van der Waals surface area (Å²) >= 11 is 0. The Kier molecular flexibility index (Phi) is 2.37. The first-order valence-corrected chi connectivity index (χ1v) is 4.48. The van der Waals surface area contributed by atoms with E-state index in [0.717, 1.165) is 24.1 Å². The number of carboxylic acid groups (broad SMARTS) is 1. The van der Waals surface area contributed by atoms with Gasteiger partial charge in [-0.05, 0) is 12.0 Å². The van der Waals surface area contributed by atoms with Crippen molar-refractivity contribution in [3.05, 3.63) is 35.4 Å². The van der Waals surface area contributed by atoms with E-state index in [2.05, 4.69) is 5.32 Å². The van der Waals surface area contributed by atoms with Crippen molar-refractivity contribution in [1.29, 1.82) is 0 Å². The molecule has 4 heteroatoms. The van der Waals surface area contributed by atoms with Gasteiger partial charge in [0.05, 0.1) is 0 Å². The van der Waals surface area contributed by atoms with Crippen LogP contribution in [0.5, 0.6) is 0 Å². The third kappa shape index (κ3) is 1.70. The molecule has 1 aromatic carbocycles. The molecular formula is C10H11NO3. The summed E-state index contributed by atoms with van der Waals surface area (Å²) in [6.45, 7) is 0.745. The number of benzene rings is 1. The van der Waals surface area contributed by atoms with Crippen molar-refractivity contribution in [1.82, 2.24) is 5.32 Å². The minimum atomic E-state index is -1.25. The molecule has 74 valence electrons. The van der Waals surface area contributed by atoms with Crippen molar-refractivity contribution in [2.75, 3.05) is 6.54 Å². The van der Waals surface area contributed by atoms with Crippen molar-refractivity contribution in [3.8, 4) is 0 Å². The third-order valence-electron chi connectivity index (χ3n) is 2.28. The summed E-state index contributed by atoms with van der Waals surface area (Å²) in [4.78, 5) is 10.4. The number of ether oxygens (including phenoxy) is 1. The predicted molar refractivity (Wildman–Crippen MR) is 50.0 cm³/mol. The van der Waals surface area contributed by atoms with Crippen LogP contribution in [0.15, 0.2) is 24.3 Å². The van der Waals surface area contributed by atoms with E-state index in [9.17, 15) is 4.79 Å². The lowest BCUT2D eigenvalue weighted by Crippen LogP contribution is -2.32. The summed E-state index contributed by atoms with van der Waals surface area (Å²) < 4.78 is 4.72. The van der Waals surface area contributed by atoms with Gasteiger partial charge in [-0.3, -0.25) is 5.32 Å². The van der Waals surface area contributed by atoms with E-state index in [-0.39, 0.29) is 0 Å². The van der Waals surface area contributed by atoms with Gasteiger partial charge in [0, 0.05) is 12.1 Å². The van der Waals surface area contributed by atoms with E-state index in [4.69, 9.17) is 9.84 Å². The average Bonchev–Trinajstić information content (AvgIpc) is 2.18. The van der Waals surface area contributed by atoms with Crippen molar-refractivity contribution in [3.63, 3.8) is 0 Å². The van der Waals surface area contributed by atoms with E-state index >= 15 is 0 Å². The molecule has 1 atom stereocenters. The van der Waals surface area contributed by atoms with Crippen LogP contribution in [0.2, 0.25) is 0 Å². The molecule has 0 aliphatic carbocycles. The van der Waals surface area contributed by atoms with Crippen LogP contribution < -0.4 is 5.32 Å². The van der Waals surface area contributed by atoms with Gasteiger partial charge in [0.15, 0.2) is 6.23 Å². The monoisotopic (exact) mass is 193 g/mol. The fourth-order valence-electron chi connectivity index (χ4n) is 1.67. The molecule has 0 fully saturated rings. The average molecular weight is 193 g/mol. The highest BCUT2D eigenvalue weighted by atomic mass is 16.7. The van der Waals surface area contributed by atoms with Crippen molar-refractivity contribution in [2.24, 2.45) is 0 Å². The van der Waals surface area contributed by atoms with Crippen molar-refractivity contribution in [2.45, 2.75) is 12.6 Å². The Morgan fingerprint density at radius 3 is 3.07 bits per heavy atom. The molecule has 14 heavy (non-hydrogen) atoms. The Labute approximate surface area is 81.5 Å². The van der Waals surface area contributed by atoms with Crippen LogP contribution in [-0.4, -0.2) is 17.8 Å². The fourth-order valence-corrected chi connectivity index (χ4v) is 1.67. The number of hydrogen-bond donors (Lipinski definition) is 2. The molecule has 2 N–H and O–H groups in total. The fraction of sp³-hybridized carbons (Fsp3) is 0.300. The molecule has 0 spiro atoms. The Morgan fingerprint density at radius 1 is 1.50 bits per heavy atom. The van der Waals surface area contributed by atoms with Gasteiger partial charge in [0.1, 0.15) is 0 Å². The maximum atomic E-state index is 10.4. The van der Waals surface area contributed by atoms with Crippen LogP contribution >= 0.6 is 0 Å². The third-order valence-corrected chi connectivity index (χ3v) is 2.28. The highest BCUT2D eigenvalue weighted by Crippen LogP contribution is 2.23. The molecule has 1 heterocycles. The molecule has 1 aromatic rings. The van der Waals surface area contributed by atoms with E-state index < -0.39 is 12.4 Å². The zero-order valence-corrected chi connectivity index (χ0v) is 7.56. The van der Waals surface area contributed by atoms with Crippen molar-refractivity contribution >= 4 is 6.16 Å². The number of hydrogen-bond acceptors (Lipinski definition) is 3. The molecule has 1 aliphatic heterocycles. The molecule has 1 aliphatic rings. The second-order valence-electron chi connectivity index (χ2n) is 3.17. The van der Waals surface area contributed by atoms with Crippen LogP contribution in [0.4, 0.5) is 4.79 Å². The minimum absolute atomic E-state index is 0.516. The molecule has 4 nitrogen and oxygen atoms in total. The Balaban J connectivity index is 2.26. The second-order valence-corrected chi connectivity index (χ2v) is 3.17. The number of fused-ring (bicyclic) bond motifs is 1. The standard InChI is InChI=1S/C10H11NO3/c12-10(13)14-9-8-4-2-1-3-7(8)5-6-11-9/h1-4,9,11H,5-6H2,(H,12,13). The molecular weight excluding hydrogens is 182 g/mol. The van der Waals surface area contributed by atoms with Gasteiger partial charge in [-0.2, -0.15) is 0 Å². The largest absolute Gasteiger partial charge is 0.507 e. The van der Waals surface area contributed by atoms with Gasteiger partial charge in [-0.1, -0.05) is 24.3 Å². The zero-order chi connectivity index (χ0) is 9.97. The summed E-state index contributed by atoms with van der Waals surface area (Å²) in [5, 5.41) is 11.5. The first-order chi connectivity index (χ1) is 6.77. The molecule has 0 aromatic heterocycles. The number of nitrogens with one attached hydrogen (secondary N) is 1. The summed E-state index contributed by atoms with van der Waals surface area (Å²) in [5.74, 6) is 0. The summed E-state index contributed by atoms with van der Waals surface area (Å²) in [5.41, 5.74) is 2.07. The molecule has 2 rings (SSSR count). The highest BCUT2D eigenvalue weighted by Gasteiger charge is 2.21. The van der Waals surface area contributed by atoms with Crippen LogP contribution in [0.25, 0.3) is 0 Å². The quantitative estimate of drug-likeness (QED) is 0.664. The summed E-state index contributed by atoms with van der Waals surface area (Å²) in [6, 6.07) is 7.70. The van der Waals surface area contributed by atoms with E-state index in [0.29, 0.717) is 0 Å². The van der Waals surface area contributed by atoms with Crippen LogP contribution in [-0.2, 0) is 11.2 Å². The van der Waals surface area contributed by atoms with E-state index in [1.54, 1.807) is 0 Å². The lowest BCUT2D eigenvalue weighted by atomic mass is 10.00. The lowest BCUT2D eigenvalue weighted by Gasteiger charge is -2.25. The van der Waals surface area contributed by atoms with Gasteiger partial charge in [0.2, 0.25) is 0 Å². The molecule has 0 bridgehead atoms. The highest BCUT2D eigenvalue weighted by molar-refractivity contribution is 5.57. The summed E-state index contributed by atoms with van der Waals surface area (Å²) in [7, 11) is 0. The maximum absolute atomic E-state index is 10.4. The van der Waals surface area contributed by atoms with Gasteiger partial charge in [0.25, 0.3) is 0 Å². The topological polar surface area (TPSA) is 58.6 Å². The van der Waals surface area contributed by atoms with Gasteiger partial charge >= 0.3 is 6.16 Å². The van der Waals surface area contributed by atoms with Crippen LogP contribution in [0.1, 0.15) is 17.4 Å². The number of carbonyl (C=O) groups is 1. The first-order valence-electron chi connectivity index (χ1n) is 4.48. The normalized spacial score (nSPS) is 19.9. The molecule has 1 unspecified atom stereocenters. The molecule has 0 radical (unpaired) electrons. The van der Waals surface area contributed by atoms with Gasteiger partial charge in [-0.25, -0.2) is 4.79 Å². The summed E-state index contributed by atoms with van der Waals surface area (Å²) in [6.07, 6.45) is -0.855. The van der Waals surface area contributed by atoms with E-state index in [1.165, 1.54) is 0 Å². The zero-order valence-electron chi connectivity index (χ0n) is 7.56. The Morgan fingerprint density at radius 2 is 2.29 bits per heavy atom.